The fourth-order valence-corrected chi connectivity index (χ4v) is 3.73. The normalized spacial score (nSPS) is 10.5. The molecule has 0 aliphatic carbocycles. The number of benzene rings is 2. The Bertz CT molecular complexity index is 971. The van der Waals surface area contributed by atoms with Crippen LogP contribution < -0.4 is 10.1 Å². The number of amides is 2. The summed E-state index contributed by atoms with van der Waals surface area (Å²) in [4.78, 5) is 31.3. The van der Waals surface area contributed by atoms with Crippen molar-refractivity contribution in [3.63, 3.8) is 0 Å². The minimum atomic E-state index is -0.250. The number of thiazole rings is 1. The third-order valence-corrected chi connectivity index (χ3v) is 5.27. The lowest BCUT2D eigenvalue weighted by Crippen LogP contribution is -2.39. The maximum atomic E-state index is 12.7. The molecule has 7 heteroatoms. The van der Waals surface area contributed by atoms with Crippen LogP contribution in [-0.4, -0.2) is 41.9 Å². The first-order chi connectivity index (χ1) is 14.6. The Labute approximate surface area is 180 Å². The van der Waals surface area contributed by atoms with Gasteiger partial charge in [-0.3, -0.25) is 9.59 Å². The largest absolute Gasteiger partial charge is 0.497 e. The molecular weight excluding hydrogens is 398 g/mol. The predicted octanol–water partition coefficient (Wildman–Crippen LogP) is 4.24. The first-order valence-corrected chi connectivity index (χ1v) is 10.7. The Hall–Kier alpha value is -3.19. The maximum Gasteiger partial charge on any atom is 0.245 e. The van der Waals surface area contributed by atoms with E-state index in [9.17, 15) is 9.59 Å². The number of hydrogen-bond acceptors (Lipinski definition) is 5. The Morgan fingerprint density at radius 1 is 1.10 bits per heavy atom. The number of methoxy groups -OCH3 is 1. The first kappa shape index (κ1) is 21.5. The van der Waals surface area contributed by atoms with Crippen molar-refractivity contribution in [3.05, 3.63) is 65.5 Å². The Morgan fingerprint density at radius 3 is 2.50 bits per heavy atom. The third-order valence-electron chi connectivity index (χ3n) is 4.52. The van der Waals surface area contributed by atoms with Crippen molar-refractivity contribution in [2.45, 2.75) is 19.8 Å². The SMILES string of the molecule is CCCN(CC(=O)Nc1nc(-c2ccccc2)cs1)C(=O)Cc1ccc(OC)cc1. The van der Waals surface area contributed by atoms with E-state index in [0.29, 0.717) is 11.7 Å². The van der Waals surface area contributed by atoms with Gasteiger partial charge in [0.2, 0.25) is 11.8 Å². The summed E-state index contributed by atoms with van der Waals surface area (Å²) in [6.07, 6.45) is 1.02. The molecule has 1 N–H and O–H groups in total. The molecule has 1 heterocycles. The van der Waals surface area contributed by atoms with E-state index >= 15 is 0 Å². The van der Waals surface area contributed by atoms with Crippen LogP contribution in [0.1, 0.15) is 18.9 Å². The van der Waals surface area contributed by atoms with E-state index in [1.807, 2.05) is 66.9 Å². The molecule has 0 aliphatic rings. The van der Waals surface area contributed by atoms with Gasteiger partial charge in [0.25, 0.3) is 0 Å². The van der Waals surface area contributed by atoms with Gasteiger partial charge in [-0.1, -0.05) is 49.4 Å². The van der Waals surface area contributed by atoms with Crippen LogP contribution in [0.15, 0.2) is 60.0 Å². The number of nitrogens with zero attached hydrogens (tertiary/aromatic N) is 2. The van der Waals surface area contributed by atoms with Crippen molar-refractivity contribution in [3.8, 4) is 17.0 Å². The number of hydrogen-bond donors (Lipinski definition) is 1. The molecule has 0 radical (unpaired) electrons. The van der Waals surface area contributed by atoms with Crippen molar-refractivity contribution in [2.75, 3.05) is 25.5 Å². The average molecular weight is 424 g/mol. The van der Waals surface area contributed by atoms with Gasteiger partial charge in [0.15, 0.2) is 5.13 Å². The van der Waals surface area contributed by atoms with Crippen LogP contribution in [0.5, 0.6) is 5.75 Å². The lowest BCUT2D eigenvalue weighted by atomic mass is 10.1. The van der Waals surface area contributed by atoms with E-state index in [4.69, 9.17) is 4.74 Å². The molecule has 0 aliphatic heterocycles. The van der Waals surface area contributed by atoms with Gasteiger partial charge in [0, 0.05) is 17.5 Å². The molecule has 2 aromatic carbocycles. The molecule has 0 unspecified atom stereocenters. The molecule has 0 spiro atoms. The fraction of sp³-hybridized carbons (Fsp3) is 0.261. The Kier molecular flexibility index (Phi) is 7.57. The van der Waals surface area contributed by atoms with Crippen LogP contribution in [0, 0.1) is 0 Å². The molecule has 156 valence electrons. The zero-order chi connectivity index (χ0) is 21.3. The summed E-state index contributed by atoms with van der Waals surface area (Å²) in [5.74, 6) is 0.413. The van der Waals surface area contributed by atoms with E-state index in [0.717, 1.165) is 29.0 Å². The molecule has 30 heavy (non-hydrogen) atoms. The summed E-state index contributed by atoms with van der Waals surface area (Å²) in [7, 11) is 1.60. The highest BCUT2D eigenvalue weighted by molar-refractivity contribution is 7.14. The van der Waals surface area contributed by atoms with Gasteiger partial charge >= 0.3 is 0 Å². The molecule has 3 rings (SSSR count). The van der Waals surface area contributed by atoms with Gasteiger partial charge in [0.05, 0.1) is 25.8 Å². The second kappa shape index (κ2) is 10.5. The minimum Gasteiger partial charge on any atom is -0.497 e. The highest BCUT2D eigenvalue weighted by atomic mass is 32.1. The minimum absolute atomic E-state index is 0.00305. The molecule has 0 saturated heterocycles. The van der Waals surface area contributed by atoms with Gasteiger partial charge < -0.3 is 15.0 Å². The molecular formula is C23H25N3O3S. The highest BCUT2D eigenvalue weighted by Crippen LogP contribution is 2.24. The monoisotopic (exact) mass is 423 g/mol. The zero-order valence-electron chi connectivity index (χ0n) is 17.1. The number of aromatic nitrogens is 1. The Morgan fingerprint density at radius 2 is 1.83 bits per heavy atom. The van der Waals surface area contributed by atoms with Crippen molar-refractivity contribution in [1.29, 1.82) is 0 Å². The van der Waals surface area contributed by atoms with E-state index in [1.165, 1.54) is 11.3 Å². The molecule has 6 nitrogen and oxygen atoms in total. The molecule has 0 fully saturated rings. The maximum absolute atomic E-state index is 12.7. The fourth-order valence-electron chi connectivity index (χ4n) is 3.00. The number of carbonyl (C=O) groups is 2. The van der Waals surface area contributed by atoms with Crippen LogP contribution in [0.2, 0.25) is 0 Å². The highest BCUT2D eigenvalue weighted by Gasteiger charge is 2.18. The first-order valence-electron chi connectivity index (χ1n) is 9.80. The number of carbonyl (C=O) groups excluding carboxylic acids is 2. The summed E-state index contributed by atoms with van der Waals surface area (Å²) in [5.41, 5.74) is 2.70. The lowest BCUT2D eigenvalue weighted by Gasteiger charge is -2.21. The summed E-state index contributed by atoms with van der Waals surface area (Å²) >= 11 is 1.37. The number of rotatable bonds is 9. The van der Waals surface area contributed by atoms with Crippen LogP contribution in [0.25, 0.3) is 11.3 Å². The second-order valence-electron chi connectivity index (χ2n) is 6.79. The zero-order valence-corrected chi connectivity index (χ0v) is 17.9. The number of nitrogens with one attached hydrogen (secondary N) is 1. The van der Waals surface area contributed by atoms with Crippen LogP contribution in [0.3, 0.4) is 0 Å². The van der Waals surface area contributed by atoms with Crippen molar-refractivity contribution in [1.82, 2.24) is 9.88 Å². The lowest BCUT2D eigenvalue weighted by molar-refractivity contribution is -0.134. The number of ether oxygens (including phenoxy) is 1. The summed E-state index contributed by atoms with van der Waals surface area (Å²) in [6, 6.07) is 17.2. The van der Waals surface area contributed by atoms with Gasteiger partial charge in [-0.2, -0.15) is 0 Å². The van der Waals surface area contributed by atoms with E-state index in [2.05, 4.69) is 10.3 Å². The van der Waals surface area contributed by atoms with Crippen molar-refractivity contribution < 1.29 is 14.3 Å². The molecule has 0 atom stereocenters. The standard InChI is InChI=1S/C23H25N3O3S/c1-3-13-26(22(28)14-17-9-11-19(29-2)12-10-17)15-21(27)25-23-24-20(16-30-23)18-7-5-4-6-8-18/h4-12,16H,3,13-15H2,1-2H3,(H,24,25,27). The van der Waals surface area contributed by atoms with Crippen LogP contribution in [0.4, 0.5) is 5.13 Å². The van der Waals surface area contributed by atoms with E-state index in [1.54, 1.807) is 12.0 Å². The van der Waals surface area contributed by atoms with Crippen LogP contribution in [-0.2, 0) is 16.0 Å². The number of anilines is 1. The topological polar surface area (TPSA) is 71.5 Å². The molecule has 0 saturated carbocycles. The summed E-state index contributed by atoms with van der Waals surface area (Å²) in [5, 5.41) is 5.24. The van der Waals surface area contributed by atoms with E-state index < -0.39 is 0 Å². The molecule has 0 bridgehead atoms. The van der Waals surface area contributed by atoms with Gasteiger partial charge in [0.1, 0.15) is 5.75 Å². The quantitative estimate of drug-likeness (QED) is 0.559. The van der Waals surface area contributed by atoms with Gasteiger partial charge in [-0.15, -0.1) is 11.3 Å². The summed E-state index contributed by atoms with van der Waals surface area (Å²) < 4.78 is 5.15. The average Bonchev–Trinajstić information content (AvgIpc) is 3.23. The Balaban J connectivity index is 1.59. The molecule has 2 amide bonds. The van der Waals surface area contributed by atoms with E-state index in [-0.39, 0.29) is 24.8 Å². The van der Waals surface area contributed by atoms with Crippen LogP contribution >= 0.6 is 11.3 Å². The van der Waals surface area contributed by atoms with Gasteiger partial charge in [-0.05, 0) is 24.1 Å². The molecule has 1 aromatic heterocycles. The van der Waals surface area contributed by atoms with Crippen molar-refractivity contribution in [2.24, 2.45) is 0 Å². The van der Waals surface area contributed by atoms with Gasteiger partial charge in [-0.25, -0.2) is 4.98 Å². The molecule has 3 aromatic rings. The second-order valence-corrected chi connectivity index (χ2v) is 7.65. The predicted molar refractivity (Wildman–Crippen MR) is 120 cm³/mol. The summed E-state index contributed by atoms with van der Waals surface area (Å²) in [6.45, 7) is 2.51. The third kappa shape index (κ3) is 5.90. The smallest absolute Gasteiger partial charge is 0.245 e. The van der Waals surface area contributed by atoms with Crippen molar-refractivity contribution >= 4 is 28.3 Å².